The number of likely N-dealkylation sites (tertiary alicyclic amines) is 1. The maximum Gasteiger partial charge on any atom is 0.0589 e. The van der Waals surface area contributed by atoms with Gasteiger partial charge in [0.25, 0.3) is 0 Å². The predicted molar refractivity (Wildman–Crippen MR) is 65.6 cm³/mol. The summed E-state index contributed by atoms with van der Waals surface area (Å²) >= 11 is 0. The van der Waals surface area contributed by atoms with Crippen molar-refractivity contribution in [2.24, 2.45) is 5.92 Å². The van der Waals surface area contributed by atoms with Crippen molar-refractivity contribution in [3.8, 4) is 0 Å². The number of rotatable bonds is 7. The Morgan fingerprint density at radius 2 is 2.12 bits per heavy atom. The summed E-state index contributed by atoms with van der Waals surface area (Å²) in [6.07, 6.45) is 2.42. The first kappa shape index (κ1) is 13.9. The van der Waals surface area contributed by atoms with E-state index in [0.29, 0.717) is 12.0 Å². The Labute approximate surface area is 99.0 Å². The van der Waals surface area contributed by atoms with Crippen LogP contribution < -0.4 is 5.32 Å². The fourth-order valence-corrected chi connectivity index (χ4v) is 2.01. The highest BCUT2D eigenvalue weighted by Gasteiger charge is 2.18. The molecular formula is C12H26N2O2. The van der Waals surface area contributed by atoms with Gasteiger partial charge in [0.15, 0.2) is 0 Å². The van der Waals surface area contributed by atoms with Crippen LogP contribution in [0, 0.1) is 5.92 Å². The number of hydrogen-bond donors (Lipinski definition) is 2. The fraction of sp³-hybridized carbons (Fsp3) is 1.00. The van der Waals surface area contributed by atoms with E-state index in [9.17, 15) is 0 Å². The molecule has 1 rings (SSSR count). The van der Waals surface area contributed by atoms with Crippen LogP contribution in [0.3, 0.4) is 0 Å². The molecule has 0 aromatic carbocycles. The third-order valence-corrected chi connectivity index (χ3v) is 3.27. The summed E-state index contributed by atoms with van der Waals surface area (Å²) in [5.74, 6) is 0.367. The Kier molecular flexibility index (Phi) is 6.96. The van der Waals surface area contributed by atoms with Gasteiger partial charge in [-0.2, -0.15) is 0 Å². The first-order chi connectivity index (χ1) is 7.76. The number of ether oxygens (including phenoxy) is 1. The molecule has 0 bridgehead atoms. The van der Waals surface area contributed by atoms with E-state index in [1.807, 2.05) is 0 Å². The topological polar surface area (TPSA) is 44.7 Å². The maximum atomic E-state index is 8.94. The molecule has 0 amide bonds. The van der Waals surface area contributed by atoms with Crippen LogP contribution in [0.25, 0.3) is 0 Å². The molecule has 4 heteroatoms. The average molecular weight is 230 g/mol. The minimum Gasteiger partial charge on any atom is -0.396 e. The van der Waals surface area contributed by atoms with Gasteiger partial charge >= 0.3 is 0 Å². The Hall–Kier alpha value is -0.160. The van der Waals surface area contributed by atoms with Gasteiger partial charge in [-0.3, -0.25) is 0 Å². The van der Waals surface area contributed by atoms with Gasteiger partial charge in [0.2, 0.25) is 0 Å². The second-order valence-electron chi connectivity index (χ2n) is 4.80. The summed E-state index contributed by atoms with van der Waals surface area (Å²) in [4.78, 5) is 2.46. The lowest BCUT2D eigenvalue weighted by Crippen LogP contribution is -2.44. The Morgan fingerprint density at radius 3 is 2.69 bits per heavy atom. The van der Waals surface area contributed by atoms with Crippen molar-refractivity contribution in [3.63, 3.8) is 0 Å². The van der Waals surface area contributed by atoms with Crippen LogP contribution in [0.4, 0.5) is 0 Å². The number of methoxy groups -OCH3 is 1. The lowest BCUT2D eigenvalue weighted by atomic mass is 10.0. The first-order valence-corrected chi connectivity index (χ1v) is 6.31. The van der Waals surface area contributed by atoms with E-state index >= 15 is 0 Å². The highest BCUT2D eigenvalue weighted by molar-refractivity contribution is 4.77. The zero-order chi connectivity index (χ0) is 11.8. The molecule has 1 saturated heterocycles. The largest absolute Gasteiger partial charge is 0.396 e. The number of hydrogen-bond acceptors (Lipinski definition) is 4. The zero-order valence-corrected chi connectivity index (χ0v) is 10.6. The lowest BCUT2D eigenvalue weighted by Gasteiger charge is -2.32. The lowest BCUT2D eigenvalue weighted by molar-refractivity contribution is 0.124. The minimum atomic E-state index is 0.277. The van der Waals surface area contributed by atoms with E-state index in [1.165, 1.54) is 12.8 Å². The summed E-state index contributed by atoms with van der Waals surface area (Å²) in [7, 11) is 1.75. The number of piperidine rings is 1. The molecule has 1 fully saturated rings. The molecule has 96 valence electrons. The van der Waals surface area contributed by atoms with Crippen molar-refractivity contribution in [1.82, 2.24) is 10.2 Å². The van der Waals surface area contributed by atoms with Crippen LogP contribution in [0.1, 0.15) is 19.8 Å². The Balaban J connectivity index is 2.07. The summed E-state index contributed by atoms with van der Waals surface area (Å²) in [5.41, 5.74) is 0. The first-order valence-electron chi connectivity index (χ1n) is 6.31. The molecule has 1 heterocycles. The van der Waals surface area contributed by atoms with Crippen LogP contribution in [0.2, 0.25) is 0 Å². The van der Waals surface area contributed by atoms with Crippen LogP contribution in [-0.2, 0) is 4.74 Å². The van der Waals surface area contributed by atoms with Crippen LogP contribution in [0.5, 0.6) is 0 Å². The number of aliphatic hydroxyl groups is 1. The Bertz CT molecular complexity index is 170. The molecule has 0 aromatic heterocycles. The van der Waals surface area contributed by atoms with Crippen molar-refractivity contribution in [2.45, 2.75) is 25.8 Å². The minimum absolute atomic E-state index is 0.277. The van der Waals surface area contributed by atoms with Crippen molar-refractivity contribution in [1.29, 1.82) is 0 Å². The molecular weight excluding hydrogens is 204 g/mol. The van der Waals surface area contributed by atoms with Gasteiger partial charge in [-0.15, -0.1) is 0 Å². The fourth-order valence-electron chi connectivity index (χ4n) is 2.01. The van der Waals surface area contributed by atoms with Crippen molar-refractivity contribution in [3.05, 3.63) is 0 Å². The summed E-state index contributed by atoms with van der Waals surface area (Å²) in [5, 5.41) is 12.5. The van der Waals surface area contributed by atoms with E-state index in [-0.39, 0.29) is 6.61 Å². The molecule has 0 radical (unpaired) electrons. The van der Waals surface area contributed by atoms with Gasteiger partial charge in [0.05, 0.1) is 6.61 Å². The van der Waals surface area contributed by atoms with E-state index in [4.69, 9.17) is 9.84 Å². The highest BCUT2D eigenvalue weighted by Crippen LogP contribution is 2.10. The van der Waals surface area contributed by atoms with Gasteiger partial charge in [-0.1, -0.05) is 6.92 Å². The standard InChI is InChI=1S/C12H26N2O2/c1-11(10-15)9-13-12-3-5-14(6-4-12)7-8-16-2/h11-13,15H,3-10H2,1-2H3. The SMILES string of the molecule is COCCN1CCC(NCC(C)CO)CC1. The predicted octanol–water partition coefficient (Wildman–Crippen LogP) is 0.315. The molecule has 1 atom stereocenters. The van der Waals surface area contributed by atoms with Crippen LogP contribution >= 0.6 is 0 Å². The zero-order valence-electron chi connectivity index (χ0n) is 10.6. The Morgan fingerprint density at radius 1 is 1.44 bits per heavy atom. The van der Waals surface area contributed by atoms with Crippen LogP contribution in [-0.4, -0.2) is 62.6 Å². The van der Waals surface area contributed by atoms with Gasteiger partial charge < -0.3 is 20.1 Å². The molecule has 0 saturated carbocycles. The molecule has 0 aromatic rings. The van der Waals surface area contributed by atoms with Crippen molar-refractivity contribution < 1.29 is 9.84 Å². The molecule has 1 aliphatic heterocycles. The number of nitrogens with zero attached hydrogens (tertiary/aromatic N) is 1. The maximum absolute atomic E-state index is 8.94. The molecule has 2 N–H and O–H groups in total. The third-order valence-electron chi connectivity index (χ3n) is 3.27. The van der Waals surface area contributed by atoms with Gasteiger partial charge in [-0.05, 0) is 31.8 Å². The van der Waals surface area contributed by atoms with Crippen LogP contribution in [0.15, 0.2) is 0 Å². The molecule has 1 unspecified atom stereocenters. The molecule has 16 heavy (non-hydrogen) atoms. The summed E-state index contributed by atoms with van der Waals surface area (Å²) < 4.78 is 5.08. The van der Waals surface area contributed by atoms with E-state index < -0.39 is 0 Å². The van der Waals surface area contributed by atoms with Crippen molar-refractivity contribution in [2.75, 3.05) is 46.5 Å². The second-order valence-corrected chi connectivity index (χ2v) is 4.80. The second kappa shape index (κ2) is 8.01. The quantitative estimate of drug-likeness (QED) is 0.661. The van der Waals surface area contributed by atoms with E-state index in [1.54, 1.807) is 7.11 Å². The molecule has 1 aliphatic rings. The van der Waals surface area contributed by atoms with Crippen molar-refractivity contribution >= 4 is 0 Å². The van der Waals surface area contributed by atoms with Gasteiger partial charge in [-0.25, -0.2) is 0 Å². The highest BCUT2D eigenvalue weighted by atomic mass is 16.5. The van der Waals surface area contributed by atoms with Gasteiger partial charge in [0, 0.05) is 32.8 Å². The number of nitrogens with one attached hydrogen (secondary N) is 1. The van der Waals surface area contributed by atoms with E-state index in [2.05, 4.69) is 17.1 Å². The molecule has 4 nitrogen and oxygen atoms in total. The summed E-state index contributed by atoms with van der Waals surface area (Å²) in [6.45, 7) is 7.48. The average Bonchev–Trinajstić information content (AvgIpc) is 2.34. The normalized spacial score (nSPS) is 21.2. The monoisotopic (exact) mass is 230 g/mol. The van der Waals surface area contributed by atoms with Gasteiger partial charge in [0.1, 0.15) is 0 Å². The molecule has 0 aliphatic carbocycles. The third kappa shape index (κ3) is 5.25. The summed E-state index contributed by atoms with van der Waals surface area (Å²) in [6, 6.07) is 0.632. The molecule has 0 spiro atoms. The van der Waals surface area contributed by atoms with E-state index in [0.717, 1.165) is 32.8 Å². The number of aliphatic hydroxyl groups excluding tert-OH is 1. The smallest absolute Gasteiger partial charge is 0.0589 e.